The van der Waals surface area contributed by atoms with Crippen LogP contribution in [0, 0.1) is 0 Å². The van der Waals surface area contributed by atoms with E-state index in [9.17, 15) is 9.59 Å². The number of anilines is 2. The zero-order valence-corrected chi connectivity index (χ0v) is 8.60. The summed E-state index contributed by atoms with van der Waals surface area (Å²) in [5.74, 6) is -1.48. The molecule has 7 heteroatoms. The molecule has 0 radical (unpaired) electrons. The predicted octanol–water partition coefficient (Wildman–Crippen LogP) is -0.352. The van der Waals surface area contributed by atoms with Crippen LogP contribution < -0.4 is 16.8 Å². The molecule has 1 aromatic heterocycles. The molecule has 0 bridgehead atoms. The summed E-state index contributed by atoms with van der Waals surface area (Å²) in [4.78, 5) is 25.4. The van der Waals surface area contributed by atoms with Crippen molar-refractivity contribution in [3.05, 3.63) is 17.8 Å². The van der Waals surface area contributed by atoms with Crippen LogP contribution in [0.25, 0.3) is 0 Å². The molecule has 1 rings (SSSR count). The normalized spacial score (nSPS) is 11.8. The highest BCUT2D eigenvalue weighted by molar-refractivity contribution is 5.94. The molecule has 86 valence electrons. The summed E-state index contributed by atoms with van der Waals surface area (Å²) in [5, 5.41) is 11.5. The Hall–Kier alpha value is -2.31. The highest BCUT2D eigenvalue weighted by Gasteiger charge is 2.13. The van der Waals surface area contributed by atoms with Gasteiger partial charge in [0.25, 0.3) is 0 Å². The van der Waals surface area contributed by atoms with Gasteiger partial charge >= 0.3 is 5.97 Å². The van der Waals surface area contributed by atoms with Crippen molar-refractivity contribution in [3.8, 4) is 0 Å². The lowest BCUT2D eigenvalue weighted by Gasteiger charge is -2.11. The zero-order chi connectivity index (χ0) is 12.3. The van der Waals surface area contributed by atoms with Crippen LogP contribution in [0.1, 0.15) is 17.3 Å². The van der Waals surface area contributed by atoms with Crippen molar-refractivity contribution in [1.82, 2.24) is 4.98 Å². The van der Waals surface area contributed by atoms with Gasteiger partial charge in [-0.2, -0.15) is 0 Å². The van der Waals surface area contributed by atoms with Crippen LogP contribution in [0.5, 0.6) is 0 Å². The molecule has 0 spiro atoms. The molecule has 0 saturated carbocycles. The number of nitrogens with zero attached hydrogens (tertiary/aromatic N) is 1. The number of nitrogens with two attached hydrogens (primary N) is 2. The number of aromatic carboxylic acids is 1. The van der Waals surface area contributed by atoms with Crippen LogP contribution in [0.4, 0.5) is 11.5 Å². The number of carbonyl (C=O) groups is 2. The minimum atomic E-state index is -1.16. The smallest absolute Gasteiger partial charge is 0.337 e. The molecule has 0 aromatic carbocycles. The van der Waals surface area contributed by atoms with Crippen molar-refractivity contribution in [2.45, 2.75) is 13.0 Å². The number of pyridine rings is 1. The summed E-state index contributed by atoms with van der Waals surface area (Å²) in [6.45, 7) is 1.54. The molecule has 16 heavy (non-hydrogen) atoms. The lowest BCUT2D eigenvalue weighted by Crippen LogP contribution is -2.32. The Kier molecular flexibility index (Phi) is 3.29. The SMILES string of the molecule is CC(Nc1cc(C(=O)O)c(N)cn1)C(N)=O. The van der Waals surface area contributed by atoms with Crippen LogP contribution in [0.2, 0.25) is 0 Å². The highest BCUT2D eigenvalue weighted by Crippen LogP contribution is 2.15. The van der Waals surface area contributed by atoms with E-state index in [-0.39, 0.29) is 17.1 Å². The Balaban J connectivity index is 2.95. The Morgan fingerprint density at radius 2 is 2.19 bits per heavy atom. The summed E-state index contributed by atoms with van der Waals surface area (Å²) in [6, 6.07) is 0.606. The molecule has 0 aliphatic rings. The van der Waals surface area contributed by atoms with Gasteiger partial charge in [-0.1, -0.05) is 0 Å². The van der Waals surface area contributed by atoms with E-state index in [4.69, 9.17) is 16.6 Å². The fraction of sp³-hybridized carbons (Fsp3) is 0.222. The number of carboxylic acid groups (broad SMARTS) is 1. The second-order valence-electron chi connectivity index (χ2n) is 3.23. The Morgan fingerprint density at radius 1 is 1.56 bits per heavy atom. The Morgan fingerprint density at radius 3 is 2.69 bits per heavy atom. The van der Waals surface area contributed by atoms with Crippen molar-refractivity contribution in [2.75, 3.05) is 11.1 Å². The topological polar surface area (TPSA) is 131 Å². The predicted molar refractivity (Wildman–Crippen MR) is 57.9 cm³/mol. The van der Waals surface area contributed by atoms with Crippen LogP contribution >= 0.6 is 0 Å². The molecule has 1 heterocycles. The minimum absolute atomic E-state index is 0.0600. The average molecular weight is 224 g/mol. The van der Waals surface area contributed by atoms with E-state index < -0.39 is 17.9 Å². The number of nitrogen functional groups attached to an aromatic ring is 1. The van der Waals surface area contributed by atoms with E-state index in [1.54, 1.807) is 6.92 Å². The minimum Gasteiger partial charge on any atom is -0.478 e. The molecule has 0 aliphatic carbocycles. The molecule has 0 aliphatic heterocycles. The second kappa shape index (κ2) is 4.47. The molecule has 0 fully saturated rings. The maximum atomic E-state index is 10.8. The Labute approximate surface area is 91.5 Å². The number of nitrogens with one attached hydrogen (secondary N) is 1. The van der Waals surface area contributed by atoms with Gasteiger partial charge in [-0.15, -0.1) is 0 Å². The molecule has 1 atom stereocenters. The van der Waals surface area contributed by atoms with Crippen molar-refractivity contribution >= 4 is 23.4 Å². The van der Waals surface area contributed by atoms with E-state index in [1.807, 2.05) is 0 Å². The monoisotopic (exact) mass is 224 g/mol. The van der Waals surface area contributed by atoms with E-state index in [2.05, 4.69) is 10.3 Å². The molecule has 1 amide bonds. The van der Waals surface area contributed by atoms with Crippen LogP contribution in [0.3, 0.4) is 0 Å². The number of primary amides is 1. The standard InChI is InChI=1S/C9H12N4O3/c1-4(8(11)14)13-7-2-5(9(15)16)6(10)3-12-7/h2-4H,10H2,1H3,(H2,11,14)(H,12,13)(H,15,16). The third kappa shape index (κ3) is 2.59. The Bertz CT molecular complexity index is 433. The quantitative estimate of drug-likeness (QED) is 0.552. The summed E-state index contributed by atoms with van der Waals surface area (Å²) in [7, 11) is 0. The summed E-state index contributed by atoms with van der Waals surface area (Å²) >= 11 is 0. The third-order valence-corrected chi connectivity index (χ3v) is 1.96. The maximum Gasteiger partial charge on any atom is 0.337 e. The second-order valence-corrected chi connectivity index (χ2v) is 3.23. The van der Waals surface area contributed by atoms with Gasteiger partial charge in [0, 0.05) is 0 Å². The van der Waals surface area contributed by atoms with Gasteiger partial charge in [0.1, 0.15) is 11.9 Å². The first-order valence-corrected chi connectivity index (χ1v) is 4.46. The largest absolute Gasteiger partial charge is 0.478 e. The number of hydrogen-bond acceptors (Lipinski definition) is 5. The summed E-state index contributed by atoms with van der Waals surface area (Å²) in [5.41, 5.74) is 10.4. The summed E-state index contributed by atoms with van der Waals surface area (Å²) in [6.07, 6.45) is 1.21. The van der Waals surface area contributed by atoms with E-state index >= 15 is 0 Å². The number of carbonyl (C=O) groups excluding carboxylic acids is 1. The fourth-order valence-electron chi connectivity index (χ4n) is 1.02. The van der Waals surface area contributed by atoms with Gasteiger partial charge in [0.15, 0.2) is 0 Å². The number of rotatable bonds is 4. The third-order valence-electron chi connectivity index (χ3n) is 1.96. The van der Waals surface area contributed by atoms with Crippen LogP contribution in [-0.2, 0) is 4.79 Å². The zero-order valence-electron chi connectivity index (χ0n) is 8.60. The first-order valence-electron chi connectivity index (χ1n) is 4.46. The molecule has 7 nitrogen and oxygen atoms in total. The van der Waals surface area contributed by atoms with Gasteiger partial charge in [0.05, 0.1) is 17.4 Å². The number of aromatic nitrogens is 1. The van der Waals surface area contributed by atoms with Gasteiger partial charge in [-0.25, -0.2) is 9.78 Å². The number of carboxylic acids is 1. The maximum absolute atomic E-state index is 10.8. The average Bonchev–Trinajstić information content (AvgIpc) is 2.20. The van der Waals surface area contributed by atoms with Crippen molar-refractivity contribution in [1.29, 1.82) is 0 Å². The van der Waals surface area contributed by atoms with Gasteiger partial charge < -0.3 is 21.9 Å². The van der Waals surface area contributed by atoms with Crippen LogP contribution in [-0.4, -0.2) is 28.0 Å². The first kappa shape index (κ1) is 11.8. The number of hydrogen-bond donors (Lipinski definition) is 4. The lowest BCUT2D eigenvalue weighted by atomic mass is 10.2. The first-order chi connectivity index (χ1) is 7.41. The van der Waals surface area contributed by atoms with Crippen molar-refractivity contribution in [3.63, 3.8) is 0 Å². The van der Waals surface area contributed by atoms with Gasteiger partial charge in [-0.3, -0.25) is 4.79 Å². The number of amides is 1. The lowest BCUT2D eigenvalue weighted by molar-refractivity contribution is -0.118. The molecular weight excluding hydrogens is 212 g/mol. The van der Waals surface area contributed by atoms with Crippen molar-refractivity contribution < 1.29 is 14.7 Å². The molecule has 0 saturated heterocycles. The fourth-order valence-corrected chi connectivity index (χ4v) is 1.02. The van der Waals surface area contributed by atoms with E-state index in [0.717, 1.165) is 0 Å². The van der Waals surface area contributed by atoms with E-state index in [1.165, 1.54) is 12.3 Å². The molecule has 1 unspecified atom stereocenters. The highest BCUT2D eigenvalue weighted by atomic mass is 16.4. The summed E-state index contributed by atoms with van der Waals surface area (Å²) < 4.78 is 0. The molecule has 6 N–H and O–H groups in total. The van der Waals surface area contributed by atoms with E-state index in [0.29, 0.717) is 0 Å². The van der Waals surface area contributed by atoms with Crippen molar-refractivity contribution in [2.24, 2.45) is 5.73 Å². The van der Waals surface area contributed by atoms with Gasteiger partial charge in [-0.05, 0) is 13.0 Å². The molecule has 1 aromatic rings. The van der Waals surface area contributed by atoms with Gasteiger partial charge in [0.2, 0.25) is 5.91 Å². The van der Waals surface area contributed by atoms with Crippen LogP contribution in [0.15, 0.2) is 12.3 Å². The molecular formula is C9H12N4O3.